The van der Waals surface area contributed by atoms with E-state index in [4.69, 9.17) is 11.6 Å². The molecule has 1 aromatic heterocycles. The van der Waals surface area contributed by atoms with Crippen molar-refractivity contribution in [3.05, 3.63) is 101 Å². The molecule has 0 aliphatic carbocycles. The van der Waals surface area contributed by atoms with Crippen LogP contribution in [-0.2, 0) is 13.1 Å². The molecule has 0 aliphatic heterocycles. The minimum Gasteiger partial charge on any atom is -0.406 e. The highest BCUT2D eigenvalue weighted by atomic mass is 35.5. The maximum atomic E-state index is 12.6. The number of halogens is 4. The summed E-state index contributed by atoms with van der Waals surface area (Å²) in [6, 6.07) is 23.9. The smallest absolute Gasteiger partial charge is 0.406 e. The Morgan fingerprint density at radius 2 is 1.64 bits per heavy atom. The number of pyridine rings is 1. The van der Waals surface area contributed by atoms with Crippen molar-refractivity contribution < 1.29 is 17.9 Å². The summed E-state index contributed by atoms with van der Waals surface area (Å²) in [6.45, 7) is 2.81. The molecule has 1 heterocycles. The molecule has 0 saturated heterocycles. The minimum absolute atomic E-state index is 0.199. The lowest BCUT2D eigenvalue weighted by molar-refractivity contribution is -0.274. The number of nitrogens with one attached hydrogen (secondary N) is 1. The van der Waals surface area contributed by atoms with Crippen LogP contribution in [0.25, 0.3) is 10.9 Å². The van der Waals surface area contributed by atoms with Crippen molar-refractivity contribution in [2.75, 3.05) is 18.4 Å². The van der Waals surface area contributed by atoms with Crippen molar-refractivity contribution in [2.24, 2.45) is 0 Å². The van der Waals surface area contributed by atoms with Crippen molar-refractivity contribution in [2.45, 2.75) is 32.3 Å². The first-order valence-electron chi connectivity index (χ1n) is 11.7. The zero-order chi connectivity index (χ0) is 25.4. The number of aromatic nitrogens is 1. The zero-order valence-electron chi connectivity index (χ0n) is 19.6. The van der Waals surface area contributed by atoms with Crippen LogP contribution in [0.4, 0.5) is 18.9 Å². The monoisotopic (exact) mass is 513 g/mol. The number of benzene rings is 3. The molecule has 8 heteroatoms. The van der Waals surface area contributed by atoms with E-state index in [2.05, 4.69) is 32.1 Å². The molecule has 0 unspecified atom stereocenters. The highest BCUT2D eigenvalue weighted by Gasteiger charge is 2.31. The van der Waals surface area contributed by atoms with E-state index in [1.54, 1.807) is 12.3 Å². The average Bonchev–Trinajstić information content (AvgIpc) is 2.83. The van der Waals surface area contributed by atoms with Crippen molar-refractivity contribution in [1.29, 1.82) is 0 Å². The molecular weight excluding hydrogens is 487 g/mol. The summed E-state index contributed by atoms with van der Waals surface area (Å²) >= 11 is 6.08. The second-order valence-corrected chi connectivity index (χ2v) is 8.98. The molecule has 3 aromatic carbocycles. The summed E-state index contributed by atoms with van der Waals surface area (Å²) in [6.07, 6.45) is -1.09. The molecule has 4 aromatic rings. The molecule has 0 radical (unpaired) electrons. The molecular formula is C28H27ClF3N3O. The van der Waals surface area contributed by atoms with Crippen molar-refractivity contribution in [1.82, 2.24) is 9.88 Å². The highest BCUT2D eigenvalue weighted by molar-refractivity contribution is 6.31. The third-order valence-electron chi connectivity index (χ3n) is 5.71. The molecule has 188 valence electrons. The number of anilines is 1. The third kappa shape index (κ3) is 7.86. The Kier molecular flexibility index (Phi) is 8.67. The maximum Gasteiger partial charge on any atom is 0.573 e. The van der Waals surface area contributed by atoms with Crippen LogP contribution < -0.4 is 10.1 Å². The Morgan fingerprint density at radius 1 is 0.861 bits per heavy atom. The normalized spacial score (nSPS) is 11.7. The third-order valence-corrected chi connectivity index (χ3v) is 5.94. The van der Waals surface area contributed by atoms with Gasteiger partial charge < -0.3 is 10.1 Å². The minimum atomic E-state index is -4.71. The number of alkyl halides is 3. The van der Waals surface area contributed by atoms with E-state index in [-0.39, 0.29) is 5.75 Å². The molecule has 0 atom stereocenters. The summed E-state index contributed by atoms with van der Waals surface area (Å²) in [5.74, 6) is -0.199. The highest BCUT2D eigenvalue weighted by Crippen LogP contribution is 2.25. The van der Waals surface area contributed by atoms with Crippen molar-refractivity contribution in [3.63, 3.8) is 0 Å². The number of hydrogen-bond donors (Lipinski definition) is 1. The molecule has 4 nitrogen and oxygen atoms in total. The number of unbranched alkanes of at least 4 members (excludes halogenated alkanes) is 1. The van der Waals surface area contributed by atoms with Crippen LogP contribution >= 0.6 is 11.6 Å². The fourth-order valence-electron chi connectivity index (χ4n) is 4.11. The van der Waals surface area contributed by atoms with E-state index in [9.17, 15) is 13.2 Å². The lowest BCUT2D eigenvalue weighted by Crippen LogP contribution is -2.24. The van der Waals surface area contributed by atoms with Crippen LogP contribution in [0.2, 0.25) is 5.02 Å². The molecule has 36 heavy (non-hydrogen) atoms. The van der Waals surface area contributed by atoms with Gasteiger partial charge in [0.25, 0.3) is 0 Å². The van der Waals surface area contributed by atoms with Crippen LogP contribution in [0.5, 0.6) is 5.75 Å². The van der Waals surface area contributed by atoms with Gasteiger partial charge >= 0.3 is 6.36 Å². The molecule has 0 saturated carbocycles. The fraction of sp³-hybridized carbons (Fsp3) is 0.250. The summed E-state index contributed by atoms with van der Waals surface area (Å²) < 4.78 is 42.0. The number of ether oxygens (including phenoxy) is 1. The zero-order valence-corrected chi connectivity index (χ0v) is 20.4. The van der Waals surface area contributed by atoms with Crippen LogP contribution in [0.1, 0.15) is 24.0 Å². The molecule has 0 aliphatic rings. The number of fused-ring (bicyclic) bond motifs is 1. The Balaban J connectivity index is 1.35. The Labute approximate surface area is 213 Å². The predicted octanol–water partition coefficient (Wildman–Crippen LogP) is 7.68. The van der Waals surface area contributed by atoms with E-state index in [1.807, 2.05) is 48.5 Å². The predicted molar refractivity (Wildman–Crippen MR) is 138 cm³/mol. The number of rotatable bonds is 11. The first kappa shape index (κ1) is 25.8. The number of nitrogens with zero attached hydrogens (tertiary/aromatic N) is 2. The van der Waals surface area contributed by atoms with Crippen molar-refractivity contribution >= 4 is 28.2 Å². The van der Waals surface area contributed by atoms with E-state index in [0.29, 0.717) is 18.1 Å². The second kappa shape index (κ2) is 12.1. The molecule has 0 amide bonds. The Morgan fingerprint density at radius 3 is 2.44 bits per heavy atom. The van der Waals surface area contributed by atoms with Gasteiger partial charge in [0.2, 0.25) is 0 Å². The van der Waals surface area contributed by atoms with Gasteiger partial charge in [-0.2, -0.15) is 0 Å². The SMILES string of the molecule is FC(F)(F)Oc1cccc(CN(CCCCNc2ccnc3cc(Cl)ccc23)Cc2ccccc2)c1. The Hall–Kier alpha value is -3.29. The average molecular weight is 514 g/mol. The van der Waals surface area contributed by atoms with E-state index in [0.717, 1.165) is 53.6 Å². The maximum absolute atomic E-state index is 12.6. The van der Waals surface area contributed by atoms with Gasteiger partial charge in [-0.15, -0.1) is 13.2 Å². The fourth-order valence-corrected chi connectivity index (χ4v) is 4.28. The summed E-state index contributed by atoms with van der Waals surface area (Å²) in [5.41, 5.74) is 3.78. The standard InChI is InChI=1S/C28H27ClF3N3O/c29-23-11-12-25-26(13-15-34-27(25)18-23)33-14-4-5-16-35(19-21-7-2-1-3-8-21)20-22-9-6-10-24(17-22)36-28(30,31)32/h1-3,6-13,15,17-18H,4-5,14,16,19-20H2,(H,33,34). The van der Waals surface area contributed by atoms with Gasteiger partial charge in [0, 0.05) is 41.9 Å². The summed E-state index contributed by atoms with van der Waals surface area (Å²) in [5, 5.41) is 5.16. The van der Waals surface area contributed by atoms with Crippen LogP contribution in [0, 0.1) is 0 Å². The van der Waals surface area contributed by atoms with E-state index < -0.39 is 6.36 Å². The van der Waals surface area contributed by atoms with Gasteiger partial charge in [-0.05, 0) is 66.9 Å². The van der Waals surface area contributed by atoms with Crippen molar-refractivity contribution in [3.8, 4) is 5.75 Å². The van der Waals surface area contributed by atoms with E-state index in [1.165, 1.54) is 12.1 Å². The van der Waals surface area contributed by atoms with Gasteiger partial charge in [-0.3, -0.25) is 9.88 Å². The van der Waals surface area contributed by atoms with Crippen LogP contribution in [0.3, 0.4) is 0 Å². The molecule has 0 bridgehead atoms. The molecule has 0 spiro atoms. The topological polar surface area (TPSA) is 37.4 Å². The summed E-state index contributed by atoms with van der Waals surface area (Å²) in [4.78, 5) is 6.62. The second-order valence-electron chi connectivity index (χ2n) is 8.55. The first-order chi connectivity index (χ1) is 17.4. The molecule has 4 rings (SSSR count). The van der Waals surface area contributed by atoms with Gasteiger partial charge in [-0.1, -0.05) is 54.1 Å². The Bertz CT molecular complexity index is 1270. The first-order valence-corrected chi connectivity index (χ1v) is 12.1. The largest absolute Gasteiger partial charge is 0.573 e. The molecule has 1 N–H and O–H groups in total. The van der Waals surface area contributed by atoms with E-state index >= 15 is 0 Å². The summed E-state index contributed by atoms with van der Waals surface area (Å²) in [7, 11) is 0. The van der Waals surface area contributed by atoms with Crippen LogP contribution in [0.15, 0.2) is 85.1 Å². The van der Waals surface area contributed by atoms with Crippen LogP contribution in [-0.4, -0.2) is 29.3 Å². The van der Waals surface area contributed by atoms with Gasteiger partial charge in [0.05, 0.1) is 5.52 Å². The lowest BCUT2D eigenvalue weighted by atomic mass is 10.1. The lowest BCUT2D eigenvalue weighted by Gasteiger charge is -2.23. The van der Waals surface area contributed by atoms with Gasteiger partial charge in [0.1, 0.15) is 5.75 Å². The number of hydrogen-bond acceptors (Lipinski definition) is 4. The molecule has 0 fully saturated rings. The van der Waals surface area contributed by atoms with Gasteiger partial charge in [0.15, 0.2) is 0 Å². The van der Waals surface area contributed by atoms with Gasteiger partial charge in [-0.25, -0.2) is 0 Å². The quantitative estimate of drug-likeness (QED) is 0.209.